The van der Waals surface area contributed by atoms with Gasteiger partial charge in [0.1, 0.15) is 11.0 Å². The fourth-order valence-corrected chi connectivity index (χ4v) is 3.95. The van der Waals surface area contributed by atoms with Crippen molar-refractivity contribution in [1.82, 2.24) is 14.5 Å². The molecular weight excluding hydrogens is 288 g/mol. The van der Waals surface area contributed by atoms with E-state index in [0.29, 0.717) is 0 Å². The van der Waals surface area contributed by atoms with Gasteiger partial charge in [-0.15, -0.1) is 0 Å². The third-order valence-corrected chi connectivity index (χ3v) is 5.23. The molecule has 0 spiro atoms. The van der Waals surface area contributed by atoms with E-state index >= 15 is 0 Å². The Kier molecular flexibility index (Phi) is 2.61. The van der Waals surface area contributed by atoms with Gasteiger partial charge in [-0.2, -0.15) is 0 Å². The van der Waals surface area contributed by atoms with Crippen LogP contribution in [0.3, 0.4) is 0 Å². The van der Waals surface area contributed by atoms with Gasteiger partial charge in [-0.05, 0) is 30.3 Å². The zero-order chi connectivity index (χ0) is 13.7. The zero-order valence-electron chi connectivity index (χ0n) is 10.9. The molecular formula is C14H12N4S2. The lowest BCUT2D eigenvalue weighted by molar-refractivity contribution is 0.929. The average molecular weight is 300 g/mol. The summed E-state index contributed by atoms with van der Waals surface area (Å²) >= 11 is 6.94. The molecule has 2 aromatic heterocycles. The van der Waals surface area contributed by atoms with Crippen molar-refractivity contribution in [2.75, 3.05) is 11.4 Å². The van der Waals surface area contributed by atoms with Gasteiger partial charge in [0.05, 0.1) is 0 Å². The van der Waals surface area contributed by atoms with E-state index in [2.05, 4.69) is 39.1 Å². The molecule has 0 fully saturated rings. The number of para-hydroxylation sites is 1. The molecule has 6 heteroatoms. The number of thiazole rings is 1. The van der Waals surface area contributed by atoms with Gasteiger partial charge in [0.2, 0.25) is 0 Å². The number of benzene rings is 1. The van der Waals surface area contributed by atoms with E-state index in [9.17, 15) is 0 Å². The molecule has 1 aliphatic heterocycles. The molecule has 4 rings (SSSR count). The van der Waals surface area contributed by atoms with Crippen molar-refractivity contribution in [2.24, 2.45) is 7.05 Å². The van der Waals surface area contributed by atoms with Crippen molar-refractivity contribution in [3.05, 3.63) is 40.1 Å². The van der Waals surface area contributed by atoms with Crippen LogP contribution in [0.25, 0.3) is 10.3 Å². The van der Waals surface area contributed by atoms with Gasteiger partial charge in [-0.25, -0.2) is 9.97 Å². The Bertz CT molecular complexity index is 865. The highest BCUT2D eigenvalue weighted by Crippen LogP contribution is 2.37. The van der Waals surface area contributed by atoms with E-state index in [4.69, 9.17) is 12.2 Å². The zero-order valence-corrected chi connectivity index (χ0v) is 12.5. The summed E-state index contributed by atoms with van der Waals surface area (Å²) in [5.74, 6) is 0.969. The van der Waals surface area contributed by atoms with E-state index < -0.39 is 0 Å². The summed E-state index contributed by atoms with van der Waals surface area (Å²) in [5, 5.41) is 0. The molecule has 0 aliphatic carbocycles. The average Bonchev–Trinajstić information content (AvgIpc) is 3.02. The molecule has 1 aromatic carbocycles. The lowest BCUT2D eigenvalue weighted by atomic mass is 10.2. The Labute approximate surface area is 125 Å². The van der Waals surface area contributed by atoms with E-state index in [0.717, 1.165) is 33.1 Å². The first kappa shape index (κ1) is 12.0. The number of aromatic nitrogens is 3. The van der Waals surface area contributed by atoms with Gasteiger partial charge in [0.25, 0.3) is 0 Å². The fourth-order valence-electron chi connectivity index (χ4n) is 2.68. The number of rotatable bonds is 1. The summed E-state index contributed by atoms with van der Waals surface area (Å²) in [7, 11) is 1.95. The number of anilines is 2. The van der Waals surface area contributed by atoms with Crippen LogP contribution >= 0.6 is 23.6 Å². The standard InChI is InChI=1S/C14H12N4S2/c1-17-12-11(20-14(17)19)13(16-8-15-12)18-7-6-9-4-2-3-5-10(9)18/h2-5,8H,6-7H2,1H3. The Hall–Kier alpha value is -1.79. The molecule has 0 bridgehead atoms. The third-order valence-electron chi connectivity index (χ3n) is 3.69. The summed E-state index contributed by atoms with van der Waals surface area (Å²) in [6, 6.07) is 8.49. The first-order chi connectivity index (χ1) is 9.75. The van der Waals surface area contributed by atoms with Gasteiger partial charge in [0.15, 0.2) is 15.4 Å². The predicted molar refractivity (Wildman–Crippen MR) is 84.4 cm³/mol. The summed E-state index contributed by atoms with van der Waals surface area (Å²) in [4.78, 5) is 11.1. The Balaban J connectivity index is 1.96. The molecule has 3 heterocycles. The van der Waals surface area contributed by atoms with Crippen molar-refractivity contribution < 1.29 is 0 Å². The van der Waals surface area contributed by atoms with Crippen LogP contribution in [0.5, 0.6) is 0 Å². The van der Waals surface area contributed by atoms with Crippen molar-refractivity contribution in [1.29, 1.82) is 0 Å². The monoisotopic (exact) mass is 300 g/mol. The van der Waals surface area contributed by atoms with Gasteiger partial charge in [-0.1, -0.05) is 29.5 Å². The van der Waals surface area contributed by atoms with E-state index in [1.54, 1.807) is 17.7 Å². The SMILES string of the molecule is Cn1c(=S)sc2c(N3CCc4ccccc43)ncnc21. The molecule has 0 radical (unpaired) electrons. The maximum Gasteiger partial charge on any atom is 0.163 e. The summed E-state index contributed by atoms with van der Waals surface area (Å²) in [6.45, 7) is 0.958. The Morgan fingerprint density at radius 1 is 1.25 bits per heavy atom. The van der Waals surface area contributed by atoms with Crippen molar-refractivity contribution in [3.63, 3.8) is 0 Å². The first-order valence-electron chi connectivity index (χ1n) is 6.41. The van der Waals surface area contributed by atoms with Gasteiger partial charge >= 0.3 is 0 Å². The first-order valence-corrected chi connectivity index (χ1v) is 7.64. The van der Waals surface area contributed by atoms with Crippen molar-refractivity contribution in [3.8, 4) is 0 Å². The van der Waals surface area contributed by atoms with E-state index in [1.807, 2.05) is 11.6 Å². The molecule has 1 aliphatic rings. The minimum Gasteiger partial charge on any atom is -0.324 e. The van der Waals surface area contributed by atoms with Crippen LogP contribution in [0.15, 0.2) is 30.6 Å². The van der Waals surface area contributed by atoms with Crippen LogP contribution in [-0.4, -0.2) is 21.1 Å². The molecule has 0 amide bonds. The second-order valence-electron chi connectivity index (χ2n) is 4.81. The van der Waals surface area contributed by atoms with Crippen molar-refractivity contribution in [2.45, 2.75) is 6.42 Å². The summed E-state index contributed by atoms with van der Waals surface area (Å²) < 4.78 is 3.84. The maximum atomic E-state index is 5.36. The molecule has 100 valence electrons. The number of fused-ring (bicyclic) bond motifs is 2. The lowest BCUT2D eigenvalue weighted by Crippen LogP contribution is -2.15. The number of nitrogens with zero attached hydrogens (tertiary/aromatic N) is 4. The van der Waals surface area contributed by atoms with Crippen LogP contribution in [0, 0.1) is 3.95 Å². The highest BCUT2D eigenvalue weighted by atomic mass is 32.1. The highest BCUT2D eigenvalue weighted by molar-refractivity contribution is 7.73. The highest BCUT2D eigenvalue weighted by Gasteiger charge is 2.23. The molecule has 20 heavy (non-hydrogen) atoms. The van der Waals surface area contributed by atoms with Crippen molar-refractivity contribution >= 4 is 45.4 Å². The second-order valence-corrected chi connectivity index (χ2v) is 6.45. The Morgan fingerprint density at radius 3 is 3.00 bits per heavy atom. The van der Waals surface area contributed by atoms with Crippen LogP contribution in [-0.2, 0) is 13.5 Å². The molecule has 4 nitrogen and oxygen atoms in total. The summed E-state index contributed by atoms with van der Waals surface area (Å²) in [6.07, 6.45) is 2.68. The largest absolute Gasteiger partial charge is 0.324 e. The predicted octanol–water partition coefficient (Wildman–Crippen LogP) is 3.45. The Morgan fingerprint density at radius 2 is 2.10 bits per heavy atom. The molecule has 0 N–H and O–H groups in total. The van der Waals surface area contributed by atoms with Crippen LogP contribution in [0.2, 0.25) is 0 Å². The maximum absolute atomic E-state index is 5.36. The number of aryl methyl sites for hydroxylation is 1. The van der Waals surface area contributed by atoms with Crippen LogP contribution in [0.1, 0.15) is 5.56 Å². The third kappa shape index (κ3) is 1.61. The topological polar surface area (TPSA) is 34.0 Å². The molecule has 0 atom stereocenters. The molecule has 0 saturated heterocycles. The molecule has 0 saturated carbocycles. The second kappa shape index (κ2) is 4.36. The molecule has 0 unspecified atom stereocenters. The van der Waals surface area contributed by atoms with E-state index in [1.165, 1.54) is 11.3 Å². The number of hydrogen-bond acceptors (Lipinski definition) is 5. The van der Waals surface area contributed by atoms with Gasteiger partial charge in [0, 0.05) is 19.3 Å². The van der Waals surface area contributed by atoms with Gasteiger partial charge in [-0.3, -0.25) is 0 Å². The number of hydrogen-bond donors (Lipinski definition) is 0. The lowest BCUT2D eigenvalue weighted by Gasteiger charge is -2.18. The smallest absolute Gasteiger partial charge is 0.163 e. The minimum absolute atomic E-state index is 0.828. The summed E-state index contributed by atoms with van der Waals surface area (Å²) in [5.41, 5.74) is 3.53. The van der Waals surface area contributed by atoms with Gasteiger partial charge < -0.3 is 9.47 Å². The molecule has 3 aromatic rings. The fraction of sp³-hybridized carbons (Fsp3) is 0.214. The normalized spacial score (nSPS) is 13.9. The van der Waals surface area contributed by atoms with Crippen LogP contribution in [0.4, 0.5) is 11.5 Å². The van der Waals surface area contributed by atoms with E-state index in [-0.39, 0.29) is 0 Å². The minimum atomic E-state index is 0.828. The van der Waals surface area contributed by atoms with Crippen LogP contribution < -0.4 is 4.90 Å². The quantitative estimate of drug-likeness (QED) is 0.645.